The van der Waals surface area contributed by atoms with Crippen molar-refractivity contribution in [1.29, 1.82) is 0 Å². The van der Waals surface area contributed by atoms with Crippen LogP contribution in [-0.4, -0.2) is 6.54 Å². The standard InChI is InChI=1S/C8H10INS/c1-5-6-2-3-10-4-7(6)11-8(5)9/h10H,2-4H2,1H3. The minimum atomic E-state index is 1.09. The smallest absolute Gasteiger partial charge is 0.0688 e. The van der Waals surface area contributed by atoms with Gasteiger partial charge in [-0.05, 0) is 53.6 Å². The molecule has 3 heteroatoms. The van der Waals surface area contributed by atoms with Crippen LogP contribution in [0.2, 0.25) is 0 Å². The summed E-state index contributed by atoms with van der Waals surface area (Å²) in [6.07, 6.45) is 1.22. The van der Waals surface area contributed by atoms with Crippen molar-refractivity contribution in [3.63, 3.8) is 0 Å². The molecule has 1 aromatic heterocycles. The van der Waals surface area contributed by atoms with Gasteiger partial charge in [-0.2, -0.15) is 0 Å². The molecular formula is C8H10INS. The number of hydrogen-bond donors (Lipinski definition) is 1. The number of fused-ring (bicyclic) bond motifs is 1. The lowest BCUT2D eigenvalue weighted by atomic mass is 10.1. The van der Waals surface area contributed by atoms with Crippen molar-refractivity contribution in [3.8, 4) is 0 Å². The van der Waals surface area contributed by atoms with Crippen LogP contribution in [0.25, 0.3) is 0 Å². The average molecular weight is 279 g/mol. The summed E-state index contributed by atoms with van der Waals surface area (Å²) >= 11 is 4.38. The summed E-state index contributed by atoms with van der Waals surface area (Å²) in [4.78, 5) is 1.55. The number of hydrogen-bond acceptors (Lipinski definition) is 2. The number of rotatable bonds is 0. The number of nitrogens with one attached hydrogen (secondary N) is 1. The number of thiophene rings is 1. The molecule has 0 bridgehead atoms. The first kappa shape index (κ1) is 8.01. The molecule has 1 aliphatic heterocycles. The molecular weight excluding hydrogens is 269 g/mol. The highest BCUT2D eigenvalue weighted by atomic mass is 127. The first-order valence-corrected chi connectivity index (χ1v) is 5.66. The summed E-state index contributed by atoms with van der Waals surface area (Å²) in [6.45, 7) is 4.48. The van der Waals surface area contributed by atoms with Crippen molar-refractivity contribution in [1.82, 2.24) is 5.32 Å². The SMILES string of the molecule is Cc1c(I)sc2c1CCNC2. The topological polar surface area (TPSA) is 12.0 Å². The third-order valence-electron chi connectivity index (χ3n) is 2.13. The molecule has 1 N–H and O–H groups in total. The van der Waals surface area contributed by atoms with Gasteiger partial charge in [-0.15, -0.1) is 11.3 Å². The van der Waals surface area contributed by atoms with E-state index in [1.807, 2.05) is 11.3 Å². The second-order valence-corrected chi connectivity index (χ2v) is 5.75. The minimum Gasteiger partial charge on any atom is -0.312 e. The van der Waals surface area contributed by atoms with Crippen LogP contribution in [-0.2, 0) is 13.0 Å². The van der Waals surface area contributed by atoms with Gasteiger partial charge in [-0.25, -0.2) is 0 Å². The Morgan fingerprint density at radius 1 is 1.55 bits per heavy atom. The molecule has 0 radical (unpaired) electrons. The largest absolute Gasteiger partial charge is 0.312 e. The van der Waals surface area contributed by atoms with E-state index in [0.717, 1.165) is 13.1 Å². The Morgan fingerprint density at radius 2 is 2.36 bits per heavy atom. The molecule has 2 rings (SSSR count). The Kier molecular flexibility index (Phi) is 2.21. The Balaban J connectivity index is 2.50. The zero-order valence-corrected chi connectivity index (χ0v) is 9.38. The molecule has 1 nitrogen and oxygen atoms in total. The molecule has 0 saturated carbocycles. The van der Waals surface area contributed by atoms with E-state index in [-0.39, 0.29) is 0 Å². The van der Waals surface area contributed by atoms with E-state index in [0.29, 0.717) is 0 Å². The summed E-state index contributed by atoms with van der Waals surface area (Å²) in [5, 5.41) is 3.39. The number of halogens is 1. The second kappa shape index (κ2) is 3.03. The van der Waals surface area contributed by atoms with Crippen LogP contribution in [0.4, 0.5) is 0 Å². The van der Waals surface area contributed by atoms with Gasteiger partial charge in [0, 0.05) is 11.4 Å². The van der Waals surface area contributed by atoms with Crippen molar-refractivity contribution in [3.05, 3.63) is 18.9 Å². The van der Waals surface area contributed by atoms with E-state index < -0.39 is 0 Å². The third kappa shape index (κ3) is 1.34. The summed E-state index contributed by atoms with van der Waals surface area (Å²) in [6, 6.07) is 0. The van der Waals surface area contributed by atoms with Crippen molar-refractivity contribution in [2.24, 2.45) is 0 Å². The molecule has 1 aliphatic rings. The summed E-state index contributed by atoms with van der Waals surface area (Å²) in [5.74, 6) is 0. The maximum atomic E-state index is 3.39. The molecule has 0 unspecified atom stereocenters. The molecule has 11 heavy (non-hydrogen) atoms. The maximum absolute atomic E-state index is 3.39. The maximum Gasteiger partial charge on any atom is 0.0688 e. The van der Waals surface area contributed by atoms with E-state index in [1.54, 1.807) is 10.4 Å². The summed E-state index contributed by atoms with van der Waals surface area (Å²) in [5.41, 5.74) is 3.13. The monoisotopic (exact) mass is 279 g/mol. The predicted octanol–water partition coefficient (Wildman–Crippen LogP) is 2.31. The van der Waals surface area contributed by atoms with E-state index in [4.69, 9.17) is 0 Å². The Labute approximate surface area is 84.3 Å². The van der Waals surface area contributed by atoms with Gasteiger partial charge in [-0.1, -0.05) is 0 Å². The van der Waals surface area contributed by atoms with Crippen molar-refractivity contribution < 1.29 is 0 Å². The van der Waals surface area contributed by atoms with Crippen LogP contribution < -0.4 is 5.32 Å². The highest BCUT2D eigenvalue weighted by molar-refractivity contribution is 14.1. The fraction of sp³-hybridized carbons (Fsp3) is 0.500. The van der Waals surface area contributed by atoms with Crippen molar-refractivity contribution in [2.45, 2.75) is 19.9 Å². The fourth-order valence-electron chi connectivity index (χ4n) is 1.46. The van der Waals surface area contributed by atoms with Gasteiger partial charge < -0.3 is 5.32 Å². The van der Waals surface area contributed by atoms with Gasteiger partial charge in [0.15, 0.2) is 0 Å². The lowest BCUT2D eigenvalue weighted by Crippen LogP contribution is -2.22. The Morgan fingerprint density at radius 3 is 3.09 bits per heavy atom. The van der Waals surface area contributed by atoms with Crippen molar-refractivity contribution >= 4 is 33.9 Å². The molecule has 60 valence electrons. The minimum absolute atomic E-state index is 1.09. The van der Waals surface area contributed by atoms with Gasteiger partial charge in [0.2, 0.25) is 0 Å². The Hall–Kier alpha value is 0.390. The first-order valence-electron chi connectivity index (χ1n) is 3.76. The average Bonchev–Trinajstić information content (AvgIpc) is 2.30. The lowest BCUT2D eigenvalue weighted by Gasteiger charge is -2.12. The predicted molar refractivity (Wildman–Crippen MR) is 57.2 cm³/mol. The summed E-state index contributed by atoms with van der Waals surface area (Å²) in [7, 11) is 0. The van der Waals surface area contributed by atoms with E-state index in [1.165, 1.54) is 14.9 Å². The molecule has 0 aliphatic carbocycles. The fourth-order valence-corrected chi connectivity index (χ4v) is 3.63. The molecule has 0 atom stereocenters. The van der Waals surface area contributed by atoms with E-state index >= 15 is 0 Å². The highest BCUT2D eigenvalue weighted by Gasteiger charge is 2.15. The first-order chi connectivity index (χ1) is 5.29. The molecule has 0 aromatic carbocycles. The van der Waals surface area contributed by atoms with E-state index in [9.17, 15) is 0 Å². The molecule has 0 spiro atoms. The van der Waals surface area contributed by atoms with Crippen LogP contribution in [0, 0.1) is 9.81 Å². The molecule has 2 heterocycles. The van der Waals surface area contributed by atoms with E-state index in [2.05, 4.69) is 34.8 Å². The zero-order chi connectivity index (χ0) is 7.84. The van der Waals surface area contributed by atoms with Crippen LogP contribution in [0.15, 0.2) is 0 Å². The van der Waals surface area contributed by atoms with Gasteiger partial charge in [0.1, 0.15) is 0 Å². The highest BCUT2D eigenvalue weighted by Crippen LogP contribution is 2.30. The van der Waals surface area contributed by atoms with Gasteiger partial charge in [0.25, 0.3) is 0 Å². The van der Waals surface area contributed by atoms with Gasteiger partial charge in [0.05, 0.1) is 2.88 Å². The van der Waals surface area contributed by atoms with Crippen molar-refractivity contribution in [2.75, 3.05) is 6.54 Å². The zero-order valence-electron chi connectivity index (χ0n) is 6.41. The summed E-state index contributed by atoms with van der Waals surface area (Å²) < 4.78 is 1.47. The molecule has 0 saturated heterocycles. The quantitative estimate of drug-likeness (QED) is 0.719. The third-order valence-corrected chi connectivity index (χ3v) is 4.73. The Bertz CT molecular complexity index is 280. The van der Waals surface area contributed by atoms with Gasteiger partial charge in [-0.3, -0.25) is 0 Å². The van der Waals surface area contributed by atoms with Gasteiger partial charge >= 0.3 is 0 Å². The van der Waals surface area contributed by atoms with Crippen LogP contribution in [0.1, 0.15) is 16.0 Å². The normalized spacial score (nSPS) is 16.5. The van der Waals surface area contributed by atoms with Crippen LogP contribution >= 0.6 is 33.9 Å². The molecule has 0 fully saturated rings. The molecule has 0 amide bonds. The second-order valence-electron chi connectivity index (χ2n) is 2.83. The van der Waals surface area contributed by atoms with Crippen LogP contribution in [0.5, 0.6) is 0 Å². The molecule has 1 aromatic rings. The van der Waals surface area contributed by atoms with Crippen LogP contribution in [0.3, 0.4) is 0 Å². The lowest BCUT2D eigenvalue weighted by molar-refractivity contribution is 0.652.